The van der Waals surface area contributed by atoms with Gasteiger partial charge in [-0.3, -0.25) is 9.59 Å². The van der Waals surface area contributed by atoms with Gasteiger partial charge in [0, 0.05) is 25.5 Å². The first-order valence-corrected chi connectivity index (χ1v) is 18.3. The minimum absolute atomic E-state index is 0.0394. The molecule has 1 aliphatic carbocycles. The standard InChI is InChI=1S/C36H68BNO6/c1-6-7-8-9-10-11-12-13-14-15-16-17-20-23-34(40)43-28-33(39)38-24-21-18-19-22-25-41-36-32(37)26-31(27-42-29(2)3)35(36)44-30(4)5/h29-32,35-36H,6-28H2,1-5H3,(H,38,39)/t31-,32-,35?,36-/m1/s1. The van der Waals surface area contributed by atoms with Crippen LogP contribution >= 0.6 is 0 Å². The topological polar surface area (TPSA) is 83.1 Å². The van der Waals surface area contributed by atoms with E-state index >= 15 is 0 Å². The van der Waals surface area contributed by atoms with E-state index in [0.29, 0.717) is 26.2 Å². The minimum atomic E-state index is -0.273. The van der Waals surface area contributed by atoms with Gasteiger partial charge in [-0.25, -0.2) is 0 Å². The first kappa shape index (κ1) is 40.9. The lowest BCUT2D eigenvalue weighted by molar-refractivity contribution is -0.148. The molecule has 0 aliphatic heterocycles. The highest BCUT2D eigenvalue weighted by Crippen LogP contribution is 2.39. The van der Waals surface area contributed by atoms with E-state index in [4.69, 9.17) is 26.8 Å². The van der Waals surface area contributed by atoms with Crippen LogP contribution in [0, 0.1) is 5.92 Å². The van der Waals surface area contributed by atoms with Crippen molar-refractivity contribution in [2.24, 2.45) is 5.92 Å². The number of carbonyl (C=O) groups excluding carboxylic acids is 2. The van der Waals surface area contributed by atoms with Crippen molar-refractivity contribution in [2.75, 3.05) is 26.4 Å². The second-order valence-corrected chi connectivity index (χ2v) is 13.4. The van der Waals surface area contributed by atoms with Gasteiger partial charge in [0.1, 0.15) is 0 Å². The Hall–Kier alpha value is -1.12. The molecular weight excluding hydrogens is 553 g/mol. The fraction of sp³-hybridized carbons (Fsp3) is 0.944. The van der Waals surface area contributed by atoms with E-state index in [9.17, 15) is 9.59 Å². The first-order valence-electron chi connectivity index (χ1n) is 18.3. The van der Waals surface area contributed by atoms with Crippen molar-refractivity contribution in [3.8, 4) is 0 Å². The predicted molar refractivity (Wildman–Crippen MR) is 181 cm³/mol. The number of carbonyl (C=O) groups is 2. The zero-order chi connectivity index (χ0) is 32.4. The van der Waals surface area contributed by atoms with Gasteiger partial charge in [-0.1, -0.05) is 96.8 Å². The SMILES string of the molecule is [B][C@@H]1C[C@H](COC(C)C)C(OC(C)C)[C@@H]1OCCCCCCNC(=O)COC(=O)CCCCCCCCCCCCCCC. The molecule has 0 spiro atoms. The molecule has 8 heteroatoms. The van der Waals surface area contributed by atoms with E-state index in [2.05, 4.69) is 12.2 Å². The van der Waals surface area contributed by atoms with Crippen LogP contribution in [-0.2, 0) is 28.5 Å². The summed E-state index contributed by atoms with van der Waals surface area (Å²) in [4.78, 5) is 24.0. The van der Waals surface area contributed by atoms with Gasteiger partial charge in [-0.05, 0) is 59.2 Å². The Labute approximate surface area is 272 Å². The molecule has 0 aromatic heterocycles. The monoisotopic (exact) mass is 622 g/mol. The molecule has 2 radical (unpaired) electrons. The Morgan fingerprint density at radius 3 is 1.91 bits per heavy atom. The fourth-order valence-corrected chi connectivity index (χ4v) is 5.91. The molecule has 1 rings (SSSR count). The summed E-state index contributed by atoms with van der Waals surface area (Å²) in [6.07, 6.45) is 21.8. The van der Waals surface area contributed by atoms with Crippen molar-refractivity contribution in [3.63, 3.8) is 0 Å². The summed E-state index contributed by atoms with van der Waals surface area (Å²) in [6, 6.07) is 0. The average molecular weight is 622 g/mol. The van der Waals surface area contributed by atoms with Gasteiger partial charge < -0.3 is 24.3 Å². The van der Waals surface area contributed by atoms with Gasteiger partial charge in [0.15, 0.2) is 6.61 Å². The molecule has 1 aliphatic rings. The molecule has 0 heterocycles. The van der Waals surface area contributed by atoms with Crippen molar-refractivity contribution in [1.29, 1.82) is 0 Å². The number of nitrogens with one attached hydrogen (secondary N) is 1. The third kappa shape index (κ3) is 21.6. The Kier molecular flexibility index (Phi) is 25.1. The van der Waals surface area contributed by atoms with Crippen LogP contribution in [0.5, 0.6) is 0 Å². The zero-order valence-electron chi connectivity index (χ0n) is 29.3. The molecule has 7 nitrogen and oxygen atoms in total. The summed E-state index contributed by atoms with van der Waals surface area (Å²) in [7, 11) is 6.43. The number of hydrogen-bond acceptors (Lipinski definition) is 6. The number of ether oxygens (including phenoxy) is 4. The van der Waals surface area contributed by atoms with Crippen LogP contribution in [0.25, 0.3) is 0 Å². The normalized spacial score (nSPS) is 20.1. The maximum absolute atomic E-state index is 12.0. The van der Waals surface area contributed by atoms with Gasteiger partial charge in [0.2, 0.25) is 0 Å². The summed E-state index contributed by atoms with van der Waals surface area (Å²) in [5.74, 6) is -0.292. The minimum Gasteiger partial charge on any atom is -0.456 e. The molecule has 0 aromatic rings. The molecule has 1 amide bonds. The molecule has 1 saturated carbocycles. The van der Waals surface area contributed by atoms with E-state index in [1.165, 1.54) is 70.6 Å². The molecule has 0 saturated heterocycles. The zero-order valence-corrected chi connectivity index (χ0v) is 29.3. The molecule has 1 unspecified atom stereocenters. The number of rotatable bonds is 29. The van der Waals surface area contributed by atoms with Crippen LogP contribution in [0.1, 0.15) is 157 Å². The molecule has 0 bridgehead atoms. The van der Waals surface area contributed by atoms with Crippen LogP contribution in [-0.4, -0.2) is 70.5 Å². The smallest absolute Gasteiger partial charge is 0.306 e. The molecule has 256 valence electrons. The van der Waals surface area contributed by atoms with E-state index in [0.717, 1.165) is 44.9 Å². The number of hydrogen-bond donors (Lipinski definition) is 1. The summed E-state index contributed by atoms with van der Waals surface area (Å²) in [5.41, 5.74) is 0. The second-order valence-electron chi connectivity index (χ2n) is 13.4. The van der Waals surface area contributed by atoms with Crippen LogP contribution in [0.4, 0.5) is 0 Å². The van der Waals surface area contributed by atoms with Gasteiger partial charge in [0.05, 0.1) is 38.9 Å². The summed E-state index contributed by atoms with van der Waals surface area (Å²) < 4.78 is 23.4. The summed E-state index contributed by atoms with van der Waals surface area (Å²) in [5, 5.41) is 2.85. The van der Waals surface area contributed by atoms with Crippen LogP contribution < -0.4 is 5.32 Å². The quantitative estimate of drug-likeness (QED) is 0.0514. The van der Waals surface area contributed by atoms with E-state index < -0.39 is 0 Å². The third-order valence-corrected chi connectivity index (χ3v) is 8.41. The number of esters is 1. The number of unbranched alkanes of at least 4 members (excludes halogenated alkanes) is 15. The summed E-state index contributed by atoms with van der Waals surface area (Å²) >= 11 is 0. The van der Waals surface area contributed by atoms with Gasteiger partial charge in [0.25, 0.3) is 5.91 Å². The molecule has 1 fully saturated rings. The highest BCUT2D eigenvalue weighted by molar-refractivity contribution is 6.12. The molecule has 0 aromatic carbocycles. The van der Waals surface area contributed by atoms with E-state index in [-0.39, 0.29) is 54.6 Å². The molecule has 1 N–H and O–H groups in total. The lowest BCUT2D eigenvalue weighted by Gasteiger charge is -2.29. The Bertz CT molecular complexity index is 706. The third-order valence-electron chi connectivity index (χ3n) is 8.41. The maximum atomic E-state index is 12.0. The lowest BCUT2D eigenvalue weighted by Crippen LogP contribution is -2.36. The number of amides is 1. The van der Waals surface area contributed by atoms with Crippen LogP contribution in [0.3, 0.4) is 0 Å². The maximum Gasteiger partial charge on any atom is 0.306 e. The second kappa shape index (κ2) is 27.0. The Morgan fingerprint density at radius 1 is 0.750 bits per heavy atom. The highest BCUT2D eigenvalue weighted by Gasteiger charge is 2.42. The average Bonchev–Trinajstić information content (AvgIpc) is 3.27. The van der Waals surface area contributed by atoms with Crippen molar-refractivity contribution < 1.29 is 28.5 Å². The van der Waals surface area contributed by atoms with Crippen molar-refractivity contribution in [3.05, 3.63) is 0 Å². The van der Waals surface area contributed by atoms with E-state index in [1.807, 2.05) is 27.7 Å². The van der Waals surface area contributed by atoms with Crippen molar-refractivity contribution in [2.45, 2.75) is 187 Å². The Balaban J connectivity index is 1.98. The van der Waals surface area contributed by atoms with Crippen molar-refractivity contribution >= 4 is 19.7 Å². The predicted octanol–water partition coefficient (Wildman–Crippen LogP) is 8.27. The first-order chi connectivity index (χ1) is 21.2. The molecule has 4 atom stereocenters. The molecular formula is C36H68BNO6. The van der Waals surface area contributed by atoms with Gasteiger partial charge in [-0.15, -0.1) is 0 Å². The van der Waals surface area contributed by atoms with Crippen molar-refractivity contribution in [1.82, 2.24) is 5.32 Å². The van der Waals surface area contributed by atoms with Gasteiger partial charge in [-0.2, -0.15) is 0 Å². The highest BCUT2D eigenvalue weighted by atomic mass is 16.6. The largest absolute Gasteiger partial charge is 0.456 e. The summed E-state index contributed by atoms with van der Waals surface area (Å²) in [6.45, 7) is 12.1. The van der Waals surface area contributed by atoms with Crippen LogP contribution in [0.2, 0.25) is 5.82 Å². The van der Waals surface area contributed by atoms with Gasteiger partial charge >= 0.3 is 5.97 Å². The Morgan fingerprint density at radius 2 is 1.32 bits per heavy atom. The lowest BCUT2D eigenvalue weighted by atomic mass is 9.83. The van der Waals surface area contributed by atoms with Crippen LogP contribution in [0.15, 0.2) is 0 Å². The fourth-order valence-electron chi connectivity index (χ4n) is 5.91. The van der Waals surface area contributed by atoms with E-state index in [1.54, 1.807) is 0 Å². The molecule has 44 heavy (non-hydrogen) atoms.